The molecule has 0 radical (unpaired) electrons. The fraction of sp³-hybridized carbons (Fsp3) is 0.606. The van der Waals surface area contributed by atoms with Crippen molar-refractivity contribution in [3.8, 4) is 33.5 Å². The van der Waals surface area contributed by atoms with Crippen molar-refractivity contribution in [3.05, 3.63) is 82.6 Å². The first-order valence-corrected chi connectivity index (χ1v) is 31.0. The number of rotatable bonds is 11. The molecule has 2 spiro atoms. The highest BCUT2D eigenvalue weighted by Crippen LogP contribution is 2.57. The number of methoxy groups -OCH3 is 2. The second kappa shape index (κ2) is 21.6. The fourth-order valence-electron chi connectivity index (χ4n) is 17.3. The largest absolute Gasteiger partial charge is 0.453 e. The number of H-pyrrole nitrogens is 2. The summed E-state index contributed by atoms with van der Waals surface area (Å²) >= 11 is 0. The van der Waals surface area contributed by atoms with Gasteiger partial charge in [-0.2, -0.15) is 0 Å². The van der Waals surface area contributed by atoms with Gasteiger partial charge in [0.05, 0.1) is 49.2 Å². The molecule has 14 nitrogen and oxygen atoms in total. The fourth-order valence-corrected chi connectivity index (χ4v) is 17.3. The molecule has 6 aliphatic carbocycles. The Balaban J connectivity index is 0.821. The molecule has 6 fully saturated rings. The van der Waals surface area contributed by atoms with E-state index < -0.39 is 24.3 Å². The molecule has 424 valence electrons. The predicted molar refractivity (Wildman–Crippen MR) is 309 cm³/mol. The molecule has 2 saturated heterocycles. The lowest BCUT2D eigenvalue weighted by Gasteiger charge is -2.34. The van der Waals surface area contributed by atoms with Gasteiger partial charge in [0.15, 0.2) is 0 Å². The number of benzene rings is 3. The number of hydrogen-bond acceptors (Lipinski definition) is 8. The number of hydrogen-bond donors (Lipinski definition) is 4. The molecule has 14 heteroatoms. The molecular formula is C66H84N8O6. The van der Waals surface area contributed by atoms with Crippen LogP contribution >= 0.6 is 0 Å². The molecular weight excluding hydrogens is 1000 g/mol. The highest BCUT2D eigenvalue weighted by Gasteiger charge is 2.47. The zero-order valence-corrected chi connectivity index (χ0v) is 47.9. The molecule has 8 aliphatic rings. The first kappa shape index (κ1) is 53.1. The monoisotopic (exact) mass is 1080 g/mol. The van der Waals surface area contributed by atoms with E-state index in [4.69, 9.17) is 19.4 Å². The van der Waals surface area contributed by atoms with Crippen LogP contribution in [0.2, 0.25) is 0 Å². The van der Waals surface area contributed by atoms with Gasteiger partial charge in [-0.05, 0) is 181 Å². The summed E-state index contributed by atoms with van der Waals surface area (Å²) in [4.78, 5) is 76.4. The van der Waals surface area contributed by atoms with E-state index in [0.717, 1.165) is 131 Å². The second-order valence-electron chi connectivity index (χ2n) is 26.6. The number of likely N-dealkylation sites (tertiary alicyclic amines) is 2. The molecule has 2 aromatic heterocycles. The van der Waals surface area contributed by atoms with Gasteiger partial charge in [0, 0.05) is 18.7 Å². The third-order valence-electron chi connectivity index (χ3n) is 21.3. The molecule has 3 aromatic carbocycles. The van der Waals surface area contributed by atoms with Gasteiger partial charge in [-0.1, -0.05) is 108 Å². The summed E-state index contributed by atoms with van der Waals surface area (Å²) < 4.78 is 10.1. The Morgan fingerprint density at radius 1 is 0.575 bits per heavy atom. The number of aromatic amines is 2. The Morgan fingerprint density at radius 2 is 1.04 bits per heavy atom. The lowest BCUT2D eigenvalue weighted by Crippen LogP contribution is -2.52. The number of alkyl carbamates (subject to hydrolysis) is 2. The molecule has 80 heavy (non-hydrogen) atoms. The van der Waals surface area contributed by atoms with Crippen molar-refractivity contribution in [2.75, 3.05) is 27.3 Å². The van der Waals surface area contributed by atoms with Crippen LogP contribution in [-0.2, 0) is 44.7 Å². The number of imidazole rings is 2. The number of nitrogens with one attached hydrogen (secondary N) is 4. The highest BCUT2D eigenvalue weighted by molar-refractivity contribution is 5.89. The van der Waals surface area contributed by atoms with Gasteiger partial charge in [-0.25, -0.2) is 19.6 Å². The summed E-state index contributed by atoms with van der Waals surface area (Å²) in [7, 11) is 2.73. The number of carbonyl (C=O) groups is 4. The van der Waals surface area contributed by atoms with Crippen molar-refractivity contribution < 1.29 is 28.7 Å². The molecule has 0 bridgehead atoms. The molecule has 4 amide bonds. The maximum atomic E-state index is 14.6. The molecule has 6 atom stereocenters. The summed E-state index contributed by atoms with van der Waals surface area (Å²) in [6, 6.07) is 14.7. The predicted octanol–water partition coefficient (Wildman–Crippen LogP) is 13.0. The van der Waals surface area contributed by atoms with Gasteiger partial charge in [0.1, 0.15) is 23.7 Å². The molecule has 4 heterocycles. The van der Waals surface area contributed by atoms with Crippen LogP contribution in [0.4, 0.5) is 9.59 Å². The standard InChI is InChI=1S/C66H84N8O6/c1-39-29-55(73(37-39)61(75)57(71-63(77)79-3)41-15-7-5-8-16-41)59-67-36-54(70-59)47-23-22-46(50-34-66(35-51(47)50)27-13-14-28-66)45-21-20-44(48-32-65(33-49(45)48)25-11-12-26-65)43-19-24-52-53(31-43)69-60(68-52)56-30-40(2)38-74(56)62(76)58(72-64(78)80-4)42-17-9-6-10-18-42/h19-24,31,36,39-42,55-58H,5-18,25-30,32-35,37-38H2,1-4H3,(H,67,70)(H,68,69)(H,71,77)(H,72,78)/t39?,40?,55-,56+,57+,58+/m1/s1. The molecule has 4 N–H and O–H groups in total. The van der Waals surface area contributed by atoms with Crippen molar-refractivity contribution in [1.29, 1.82) is 0 Å². The van der Waals surface area contributed by atoms with Crippen LogP contribution in [0.3, 0.4) is 0 Å². The third-order valence-corrected chi connectivity index (χ3v) is 21.3. The maximum Gasteiger partial charge on any atom is 0.407 e. The molecule has 2 unspecified atom stereocenters. The Kier molecular flexibility index (Phi) is 14.4. The zero-order valence-electron chi connectivity index (χ0n) is 47.9. The summed E-state index contributed by atoms with van der Waals surface area (Å²) in [6.45, 7) is 5.67. The van der Waals surface area contributed by atoms with Crippen molar-refractivity contribution >= 4 is 35.0 Å². The van der Waals surface area contributed by atoms with Gasteiger partial charge in [-0.15, -0.1) is 0 Å². The van der Waals surface area contributed by atoms with Gasteiger partial charge in [0.25, 0.3) is 0 Å². The minimum absolute atomic E-state index is 0.0250. The van der Waals surface area contributed by atoms with Crippen molar-refractivity contribution in [1.82, 2.24) is 40.4 Å². The van der Waals surface area contributed by atoms with Crippen LogP contribution in [0.1, 0.15) is 188 Å². The van der Waals surface area contributed by atoms with Gasteiger partial charge < -0.3 is 39.9 Å². The minimum Gasteiger partial charge on any atom is -0.453 e. The Morgan fingerprint density at radius 3 is 1.55 bits per heavy atom. The maximum absolute atomic E-state index is 14.6. The van der Waals surface area contributed by atoms with Crippen LogP contribution in [-0.4, -0.2) is 93.1 Å². The van der Waals surface area contributed by atoms with Gasteiger partial charge in [0.2, 0.25) is 11.8 Å². The van der Waals surface area contributed by atoms with E-state index in [1.807, 2.05) is 16.0 Å². The van der Waals surface area contributed by atoms with Crippen molar-refractivity contribution in [2.45, 2.75) is 192 Å². The summed E-state index contributed by atoms with van der Waals surface area (Å²) in [5.41, 5.74) is 16.0. The first-order valence-electron chi connectivity index (χ1n) is 31.0. The van der Waals surface area contributed by atoms with E-state index >= 15 is 0 Å². The van der Waals surface area contributed by atoms with Crippen LogP contribution in [0.5, 0.6) is 0 Å². The summed E-state index contributed by atoms with van der Waals surface area (Å²) in [5.74, 6) is 2.34. The van der Waals surface area contributed by atoms with Crippen LogP contribution in [0, 0.1) is 34.5 Å². The lowest BCUT2D eigenvalue weighted by atomic mass is 9.82. The van der Waals surface area contributed by atoms with E-state index in [9.17, 15) is 19.2 Å². The smallest absolute Gasteiger partial charge is 0.407 e. The Hall–Kier alpha value is -6.18. The van der Waals surface area contributed by atoms with Crippen LogP contribution in [0.15, 0.2) is 48.7 Å². The van der Waals surface area contributed by atoms with Gasteiger partial charge >= 0.3 is 12.2 Å². The number of carbonyl (C=O) groups excluding carboxylic acids is 4. The second-order valence-corrected chi connectivity index (χ2v) is 26.6. The van der Waals surface area contributed by atoms with E-state index in [1.54, 1.807) is 0 Å². The summed E-state index contributed by atoms with van der Waals surface area (Å²) in [6.07, 6.45) is 27.4. The number of nitrogens with zero attached hydrogens (tertiary/aromatic N) is 4. The Bertz CT molecular complexity index is 3170. The highest BCUT2D eigenvalue weighted by atomic mass is 16.5. The van der Waals surface area contributed by atoms with Crippen molar-refractivity contribution in [3.63, 3.8) is 0 Å². The SMILES string of the molecule is COC(=O)N[C@H](C(=O)N1CC(C)C[C@@H]1c1ncc(-c2ccc(-c3ccc(-c4ccc5nc([C@@H]6CC(C)CN6C(=O)[C@@H](NC(=O)OC)C6CCCCC6)[nH]c5c4)c4c3CC3(CCCC3)C4)c3c2CC2(CCCC2)C3)[nH]1)C1CCCCC1. The van der Waals surface area contributed by atoms with Crippen LogP contribution < -0.4 is 10.6 Å². The van der Waals surface area contributed by atoms with Gasteiger partial charge in [-0.3, -0.25) is 9.59 Å². The quantitative estimate of drug-likeness (QED) is 0.101. The topological polar surface area (TPSA) is 175 Å². The number of fused-ring (bicyclic) bond motifs is 3. The molecule has 4 saturated carbocycles. The summed E-state index contributed by atoms with van der Waals surface area (Å²) in [5, 5.41) is 5.93. The Labute approximate surface area is 472 Å². The molecule has 2 aliphatic heterocycles. The number of amides is 4. The third kappa shape index (κ3) is 9.79. The molecule has 13 rings (SSSR count). The number of aromatic nitrogens is 4. The average Bonchev–Trinajstić information content (AvgIpc) is 4.52. The van der Waals surface area contributed by atoms with E-state index in [0.29, 0.717) is 24.9 Å². The lowest BCUT2D eigenvalue weighted by molar-refractivity contribution is -0.137. The van der Waals surface area contributed by atoms with E-state index in [1.165, 1.54) is 116 Å². The average molecular weight is 1090 g/mol. The number of ether oxygens (including phenoxy) is 2. The normalized spacial score (nSPS) is 25.1. The molecule has 5 aromatic rings. The van der Waals surface area contributed by atoms with E-state index in [-0.39, 0.29) is 46.6 Å². The minimum atomic E-state index is -0.617. The van der Waals surface area contributed by atoms with Crippen LogP contribution in [0.25, 0.3) is 44.5 Å². The zero-order chi connectivity index (χ0) is 54.9. The van der Waals surface area contributed by atoms with E-state index in [2.05, 4.69) is 76.9 Å². The van der Waals surface area contributed by atoms with Crippen molar-refractivity contribution in [2.24, 2.45) is 34.5 Å². The first-order chi connectivity index (χ1) is 38.9.